The van der Waals surface area contributed by atoms with Crippen molar-refractivity contribution in [2.45, 2.75) is 44.3 Å². The maximum atomic E-state index is 5.48. The molecule has 0 atom stereocenters. The third kappa shape index (κ3) is 5.52. The standard InChI is InChI=1S/C15H31N3OS/c1-5-13(6-2)11-17-14(16-3)18-12-15(20-4)7-9-19-10-8-15/h13H,5-12H2,1-4H3,(H2,16,17,18). The monoisotopic (exact) mass is 301 g/mol. The van der Waals surface area contributed by atoms with Crippen molar-refractivity contribution < 1.29 is 4.74 Å². The molecule has 0 aromatic heterocycles. The number of hydrogen-bond acceptors (Lipinski definition) is 3. The maximum absolute atomic E-state index is 5.48. The van der Waals surface area contributed by atoms with Crippen molar-refractivity contribution in [3.63, 3.8) is 0 Å². The van der Waals surface area contributed by atoms with E-state index in [4.69, 9.17) is 4.74 Å². The summed E-state index contributed by atoms with van der Waals surface area (Å²) >= 11 is 1.95. The van der Waals surface area contributed by atoms with Crippen LogP contribution in [0.4, 0.5) is 0 Å². The van der Waals surface area contributed by atoms with Crippen LogP contribution in [0.25, 0.3) is 0 Å². The minimum absolute atomic E-state index is 0.296. The number of rotatable bonds is 7. The summed E-state index contributed by atoms with van der Waals surface area (Å²) < 4.78 is 5.78. The van der Waals surface area contributed by atoms with Crippen LogP contribution in [0.15, 0.2) is 4.99 Å². The van der Waals surface area contributed by atoms with Crippen LogP contribution in [0.3, 0.4) is 0 Å². The highest BCUT2D eigenvalue weighted by Gasteiger charge is 2.31. The van der Waals surface area contributed by atoms with Crippen molar-refractivity contribution in [3.8, 4) is 0 Å². The SMILES string of the molecule is CCC(CC)CNC(=NC)NCC1(SC)CCOCC1. The Kier molecular flexibility index (Phi) is 8.38. The van der Waals surface area contributed by atoms with Crippen LogP contribution >= 0.6 is 11.8 Å². The second kappa shape index (κ2) is 9.50. The van der Waals surface area contributed by atoms with E-state index >= 15 is 0 Å². The zero-order valence-electron chi connectivity index (χ0n) is 13.5. The lowest BCUT2D eigenvalue weighted by Gasteiger charge is -2.36. The minimum atomic E-state index is 0.296. The van der Waals surface area contributed by atoms with Gasteiger partial charge in [0.25, 0.3) is 0 Å². The lowest BCUT2D eigenvalue weighted by molar-refractivity contribution is 0.0783. The molecule has 0 aliphatic carbocycles. The van der Waals surface area contributed by atoms with Gasteiger partial charge in [-0.05, 0) is 25.0 Å². The molecular weight excluding hydrogens is 270 g/mol. The molecule has 0 amide bonds. The number of ether oxygens (including phenoxy) is 1. The molecule has 4 nitrogen and oxygen atoms in total. The summed E-state index contributed by atoms with van der Waals surface area (Å²) in [6.07, 6.45) is 6.86. The Bertz CT molecular complexity index is 287. The molecule has 118 valence electrons. The predicted molar refractivity (Wildman–Crippen MR) is 89.7 cm³/mol. The van der Waals surface area contributed by atoms with Gasteiger partial charge >= 0.3 is 0 Å². The van der Waals surface area contributed by atoms with Gasteiger partial charge < -0.3 is 15.4 Å². The second-order valence-corrected chi connectivity index (χ2v) is 6.76. The molecule has 0 bridgehead atoms. The Morgan fingerprint density at radius 3 is 2.40 bits per heavy atom. The van der Waals surface area contributed by atoms with Gasteiger partial charge in [-0.2, -0.15) is 11.8 Å². The molecular formula is C15H31N3OS. The van der Waals surface area contributed by atoms with Crippen LogP contribution in [-0.2, 0) is 4.74 Å². The third-order valence-electron chi connectivity index (χ3n) is 4.35. The first-order valence-corrected chi connectivity index (χ1v) is 8.99. The van der Waals surface area contributed by atoms with Crippen molar-refractivity contribution in [2.75, 3.05) is 39.6 Å². The van der Waals surface area contributed by atoms with E-state index in [-0.39, 0.29) is 0 Å². The van der Waals surface area contributed by atoms with Gasteiger partial charge in [-0.1, -0.05) is 26.7 Å². The van der Waals surface area contributed by atoms with E-state index in [1.807, 2.05) is 18.8 Å². The zero-order valence-corrected chi connectivity index (χ0v) is 14.3. The van der Waals surface area contributed by atoms with Gasteiger partial charge in [-0.15, -0.1) is 0 Å². The Hall–Kier alpha value is -0.420. The van der Waals surface area contributed by atoms with Crippen molar-refractivity contribution in [1.82, 2.24) is 10.6 Å². The van der Waals surface area contributed by atoms with Gasteiger partial charge in [0.15, 0.2) is 5.96 Å². The molecule has 1 saturated heterocycles. The molecule has 0 aromatic rings. The summed E-state index contributed by atoms with van der Waals surface area (Å²) in [5.41, 5.74) is 0. The number of guanidine groups is 1. The molecule has 1 aliphatic heterocycles. The molecule has 0 unspecified atom stereocenters. The van der Waals surface area contributed by atoms with Crippen LogP contribution in [0, 0.1) is 5.92 Å². The van der Waals surface area contributed by atoms with E-state index < -0.39 is 0 Å². The topological polar surface area (TPSA) is 45.7 Å². The fourth-order valence-electron chi connectivity index (χ4n) is 2.48. The molecule has 1 aliphatic rings. The summed E-state index contributed by atoms with van der Waals surface area (Å²) in [6, 6.07) is 0. The molecule has 1 heterocycles. The summed E-state index contributed by atoms with van der Waals surface area (Å²) in [7, 11) is 1.85. The number of nitrogens with zero attached hydrogens (tertiary/aromatic N) is 1. The molecule has 2 N–H and O–H groups in total. The molecule has 1 fully saturated rings. The molecule has 0 radical (unpaired) electrons. The molecule has 20 heavy (non-hydrogen) atoms. The van der Waals surface area contributed by atoms with Crippen LogP contribution < -0.4 is 10.6 Å². The van der Waals surface area contributed by atoms with Gasteiger partial charge in [0, 0.05) is 38.1 Å². The van der Waals surface area contributed by atoms with Crippen LogP contribution in [0.1, 0.15) is 39.5 Å². The first-order valence-electron chi connectivity index (χ1n) is 7.77. The van der Waals surface area contributed by atoms with E-state index in [1.165, 1.54) is 12.8 Å². The predicted octanol–water partition coefficient (Wildman–Crippen LogP) is 2.50. The smallest absolute Gasteiger partial charge is 0.191 e. The van der Waals surface area contributed by atoms with E-state index in [0.29, 0.717) is 4.75 Å². The van der Waals surface area contributed by atoms with E-state index in [1.54, 1.807) is 0 Å². The largest absolute Gasteiger partial charge is 0.381 e. The number of thioether (sulfide) groups is 1. The molecule has 1 rings (SSSR count). The quantitative estimate of drug-likeness (QED) is 0.560. The first kappa shape index (κ1) is 17.6. The van der Waals surface area contributed by atoms with E-state index in [0.717, 1.165) is 51.0 Å². The fourth-order valence-corrected chi connectivity index (χ4v) is 3.27. The van der Waals surface area contributed by atoms with Gasteiger partial charge in [0.1, 0.15) is 0 Å². The first-order chi connectivity index (χ1) is 9.69. The highest BCUT2D eigenvalue weighted by atomic mass is 32.2. The zero-order chi connectivity index (χ0) is 14.8. The Labute approximate surface area is 128 Å². The normalized spacial score (nSPS) is 19.1. The Morgan fingerprint density at radius 1 is 1.25 bits per heavy atom. The maximum Gasteiger partial charge on any atom is 0.191 e. The summed E-state index contributed by atoms with van der Waals surface area (Å²) in [5.74, 6) is 1.66. The van der Waals surface area contributed by atoms with Gasteiger partial charge in [0.05, 0.1) is 0 Å². The van der Waals surface area contributed by atoms with E-state index in [2.05, 4.69) is 35.7 Å². The number of hydrogen-bond donors (Lipinski definition) is 2. The van der Waals surface area contributed by atoms with Crippen molar-refractivity contribution in [3.05, 3.63) is 0 Å². The highest BCUT2D eigenvalue weighted by Crippen LogP contribution is 2.32. The molecule has 0 aromatic carbocycles. The number of aliphatic imine (C=N–C) groups is 1. The highest BCUT2D eigenvalue weighted by molar-refractivity contribution is 8.00. The minimum Gasteiger partial charge on any atom is -0.381 e. The van der Waals surface area contributed by atoms with Gasteiger partial charge in [-0.3, -0.25) is 4.99 Å². The third-order valence-corrected chi connectivity index (χ3v) is 5.77. The van der Waals surface area contributed by atoms with Crippen LogP contribution in [-0.4, -0.2) is 50.3 Å². The van der Waals surface area contributed by atoms with Gasteiger partial charge in [-0.25, -0.2) is 0 Å². The summed E-state index contributed by atoms with van der Waals surface area (Å²) in [4.78, 5) is 4.33. The fraction of sp³-hybridized carbons (Fsp3) is 0.933. The molecule has 5 heteroatoms. The molecule has 0 saturated carbocycles. The lowest BCUT2D eigenvalue weighted by atomic mass is 9.99. The van der Waals surface area contributed by atoms with Crippen LogP contribution in [0.5, 0.6) is 0 Å². The summed E-state index contributed by atoms with van der Waals surface area (Å²) in [6.45, 7) is 8.21. The van der Waals surface area contributed by atoms with Gasteiger partial charge in [0.2, 0.25) is 0 Å². The summed E-state index contributed by atoms with van der Waals surface area (Å²) in [5, 5.41) is 6.95. The Morgan fingerprint density at radius 2 is 1.90 bits per heavy atom. The lowest BCUT2D eigenvalue weighted by Crippen LogP contribution is -2.48. The average molecular weight is 302 g/mol. The average Bonchev–Trinajstić information content (AvgIpc) is 2.52. The second-order valence-electron chi connectivity index (χ2n) is 5.49. The Balaban J connectivity index is 2.40. The molecule has 0 spiro atoms. The van der Waals surface area contributed by atoms with Crippen molar-refractivity contribution in [1.29, 1.82) is 0 Å². The number of nitrogens with one attached hydrogen (secondary N) is 2. The van der Waals surface area contributed by atoms with E-state index in [9.17, 15) is 0 Å². The van der Waals surface area contributed by atoms with Crippen molar-refractivity contribution >= 4 is 17.7 Å². The van der Waals surface area contributed by atoms with Crippen molar-refractivity contribution in [2.24, 2.45) is 10.9 Å². The van der Waals surface area contributed by atoms with Crippen LogP contribution in [0.2, 0.25) is 0 Å².